The Kier molecular flexibility index (Phi) is 17.7. The monoisotopic (exact) mass is 976 g/mol. The molecule has 0 atom stereocenters. The van der Waals surface area contributed by atoms with Gasteiger partial charge in [0.05, 0.1) is 49.2 Å². The zero-order valence-electron chi connectivity index (χ0n) is 37.6. The first-order valence-electron chi connectivity index (χ1n) is 21.2. The molecule has 2 saturated heterocycles. The van der Waals surface area contributed by atoms with E-state index in [0.29, 0.717) is 63.5 Å². The van der Waals surface area contributed by atoms with E-state index in [1.807, 2.05) is 21.8 Å². The number of hydrogen-bond acceptors (Lipinski definition) is 18. The van der Waals surface area contributed by atoms with Crippen LogP contribution in [0.5, 0.6) is 11.8 Å². The molecule has 2 fully saturated rings. The minimum absolute atomic E-state index is 0.0107. The molecule has 2 amide bonds. The largest absolute Gasteiger partial charge is 0.480 e. The number of esters is 2. The first kappa shape index (κ1) is 51.6. The van der Waals surface area contributed by atoms with Gasteiger partial charge in [-0.25, -0.2) is 35.5 Å². The van der Waals surface area contributed by atoms with Crippen LogP contribution in [-0.2, 0) is 44.9 Å². The third-order valence-corrected chi connectivity index (χ3v) is 13.3. The average molecular weight is 977 g/mol. The minimum atomic E-state index is -4.08. The van der Waals surface area contributed by atoms with Gasteiger partial charge in [-0.3, -0.25) is 14.3 Å². The predicted octanol–water partition coefficient (Wildman–Crippen LogP) is 4.00. The van der Waals surface area contributed by atoms with Gasteiger partial charge in [-0.15, -0.1) is 0 Å². The number of nitriles is 2. The fraction of sp³-hybridized carbons (Fsp3) is 0.378. The standard InChI is InChI=1S/C23H25FN4O6S.C22H24N4O6S/c1-3-34-23(30)18-12-17(13-25)20(26-22(18)33-2)28-10-8-15(9-11-28)21(29)27-35(31,32)14-16-6-4-5-7-19(16)24;1-3-32-22(28)18-13-16(14-23)19(24-21(18)31-2)26-11-9-15(10-12-26)20(27)25-33(29,30)17-7-5-4-6-8-17/h4-7,12,15H,3,8-11,14H2,1-2H3,(H,27,29);4-8,13,15H,3,9-12H2,1-2H3,(H,25,27). The van der Waals surface area contributed by atoms with Crippen molar-refractivity contribution in [2.75, 3.05) is 63.4 Å². The summed E-state index contributed by atoms with van der Waals surface area (Å²) < 4.78 is 88.0. The maximum atomic E-state index is 13.8. The summed E-state index contributed by atoms with van der Waals surface area (Å²) in [6, 6.07) is 19.9. The topological polar surface area (TPSA) is 277 Å². The zero-order chi connectivity index (χ0) is 49.6. The zero-order valence-corrected chi connectivity index (χ0v) is 39.2. The predicted molar refractivity (Wildman–Crippen MR) is 242 cm³/mol. The Morgan fingerprint density at radius 2 is 1.12 bits per heavy atom. The Hall–Kier alpha value is -7.37. The van der Waals surface area contributed by atoms with E-state index in [1.165, 1.54) is 56.7 Å². The number of sulfonamides is 2. The molecule has 4 aromatic rings. The Morgan fingerprint density at radius 3 is 1.53 bits per heavy atom. The molecule has 0 unspecified atom stereocenters. The number of hydrogen-bond donors (Lipinski definition) is 2. The molecule has 0 saturated carbocycles. The van der Waals surface area contributed by atoms with Crippen molar-refractivity contribution < 1.29 is 59.4 Å². The summed E-state index contributed by atoms with van der Waals surface area (Å²) in [6.45, 7) is 5.01. The normalized spacial score (nSPS) is 14.2. The molecule has 2 aliphatic rings. The van der Waals surface area contributed by atoms with E-state index in [2.05, 4.69) is 14.7 Å². The molecular formula is C45H49FN8O12S2. The van der Waals surface area contributed by atoms with E-state index in [0.717, 1.165) is 6.07 Å². The quantitative estimate of drug-likeness (QED) is 0.159. The number of amides is 2. The number of nitrogens with one attached hydrogen (secondary N) is 2. The van der Waals surface area contributed by atoms with Crippen LogP contribution in [0.3, 0.4) is 0 Å². The molecule has 2 aromatic heterocycles. The van der Waals surface area contributed by atoms with Gasteiger partial charge < -0.3 is 28.7 Å². The number of piperidine rings is 2. The summed E-state index contributed by atoms with van der Waals surface area (Å²) in [5, 5.41) is 19.2. The summed E-state index contributed by atoms with van der Waals surface area (Å²) in [4.78, 5) is 61.8. The number of pyridine rings is 2. The highest BCUT2D eigenvalue weighted by Gasteiger charge is 2.33. The van der Waals surface area contributed by atoms with Gasteiger partial charge in [0.15, 0.2) is 11.6 Å². The molecule has 0 radical (unpaired) electrons. The first-order chi connectivity index (χ1) is 32.5. The fourth-order valence-electron chi connectivity index (χ4n) is 7.32. The number of anilines is 2. The van der Waals surface area contributed by atoms with Crippen LogP contribution in [0.1, 0.15) is 76.9 Å². The lowest BCUT2D eigenvalue weighted by Crippen LogP contribution is -2.43. The summed E-state index contributed by atoms with van der Waals surface area (Å²) in [5.41, 5.74) is 0.375. The molecule has 23 heteroatoms. The van der Waals surface area contributed by atoms with Crippen LogP contribution < -0.4 is 28.7 Å². The average Bonchev–Trinajstić information content (AvgIpc) is 3.34. The third kappa shape index (κ3) is 12.9. The van der Waals surface area contributed by atoms with Crippen molar-refractivity contribution >= 4 is 55.4 Å². The van der Waals surface area contributed by atoms with Crippen LogP contribution in [0.2, 0.25) is 0 Å². The smallest absolute Gasteiger partial charge is 0.343 e. The van der Waals surface area contributed by atoms with Crippen LogP contribution in [-0.4, -0.2) is 104 Å². The van der Waals surface area contributed by atoms with Crippen molar-refractivity contribution in [1.82, 2.24) is 19.4 Å². The Labute approximate surface area is 393 Å². The van der Waals surface area contributed by atoms with Crippen molar-refractivity contribution in [3.8, 4) is 23.9 Å². The SMILES string of the molecule is CCOC(=O)c1cc(C#N)c(N2CCC(C(=O)NS(=O)(=O)Cc3ccccc3F)CC2)nc1OC.CCOC(=O)c1cc(C#N)c(N2CCC(C(=O)NS(=O)(=O)c3ccccc3)CC2)nc1OC. The van der Waals surface area contributed by atoms with Crippen molar-refractivity contribution in [2.24, 2.45) is 11.8 Å². The Balaban J connectivity index is 0.000000255. The number of carbonyl (C=O) groups is 4. The third-order valence-electron chi connectivity index (χ3n) is 10.7. The second kappa shape index (κ2) is 23.4. The van der Waals surface area contributed by atoms with Crippen LogP contribution in [0.25, 0.3) is 0 Å². The van der Waals surface area contributed by atoms with Gasteiger partial charge in [0, 0.05) is 43.6 Å². The molecule has 0 spiro atoms. The Bertz CT molecular complexity index is 2810. The van der Waals surface area contributed by atoms with E-state index < -0.39 is 67.2 Å². The number of ether oxygens (including phenoxy) is 4. The number of nitrogens with zero attached hydrogens (tertiary/aromatic N) is 6. The van der Waals surface area contributed by atoms with E-state index in [9.17, 15) is 50.9 Å². The van der Waals surface area contributed by atoms with E-state index in [1.54, 1.807) is 36.9 Å². The second-order valence-electron chi connectivity index (χ2n) is 15.1. The van der Waals surface area contributed by atoms with Crippen molar-refractivity contribution in [3.05, 3.63) is 100 Å². The minimum Gasteiger partial charge on any atom is -0.480 e. The molecule has 6 rings (SSSR count). The highest BCUT2D eigenvalue weighted by molar-refractivity contribution is 7.90. The molecule has 2 aromatic carbocycles. The molecular weight excluding hydrogens is 928 g/mol. The van der Waals surface area contributed by atoms with Crippen molar-refractivity contribution in [3.63, 3.8) is 0 Å². The molecule has 20 nitrogen and oxygen atoms in total. The molecule has 0 bridgehead atoms. The van der Waals surface area contributed by atoms with Gasteiger partial charge in [0.2, 0.25) is 33.6 Å². The van der Waals surface area contributed by atoms with Gasteiger partial charge in [-0.2, -0.15) is 20.5 Å². The van der Waals surface area contributed by atoms with Crippen molar-refractivity contribution in [2.45, 2.75) is 50.2 Å². The van der Waals surface area contributed by atoms with Gasteiger partial charge >= 0.3 is 11.9 Å². The van der Waals surface area contributed by atoms with Gasteiger partial charge in [-0.1, -0.05) is 36.4 Å². The first-order valence-corrected chi connectivity index (χ1v) is 24.3. The fourth-order valence-corrected chi connectivity index (χ4v) is 9.57. The molecule has 68 heavy (non-hydrogen) atoms. The van der Waals surface area contributed by atoms with Crippen LogP contribution in [0.4, 0.5) is 16.0 Å². The summed E-state index contributed by atoms with van der Waals surface area (Å²) in [5.74, 6) is -4.26. The van der Waals surface area contributed by atoms with Crippen LogP contribution >= 0.6 is 0 Å². The highest BCUT2D eigenvalue weighted by atomic mass is 32.2. The molecule has 2 N–H and O–H groups in total. The summed E-state index contributed by atoms with van der Waals surface area (Å²) >= 11 is 0. The van der Waals surface area contributed by atoms with Gasteiger partial charge in [0.25, 0.3) is 10.0 Å². The number of benzene rings is 2. The molecule has 360 valence electrons. The number of aromatic nitrogens is 2. The number of rotatable bonds is 15. The molecule has 4 heterocycles. The van der Waals surface area contributed by atoms with Gasteiger partial charge in [-0.05, 0) is 69.9 Å². The number of carbonyl (C=O) groups excluding carboxylic acids is 4. The lowest BCUT2D eigenvalue weighted by Gasteiger charge is -2.32. The molecule has 0 aliphatic carbocycles. The number of methoxy groups -OCH3 is 2. The summed E-state index contributed by atoms with van der Waals surface area (Å²) in [7, 11) is -5.31. The van der Waals surface area contributed by atoms with Gasteiger partial charge in [0.1, 0.15) is 29.1 Å². The molecule has 2 aliphatic heterocycles. The van der Waals surface area contributed by atoms with Crippen molar-refractivity contribution in [1.29, 1.82) is 10.5 Å². The second-order valence-corrected chi connectivity index (χ2v) is 18.5. The van der Waals surface area contributed by atoms with Crippen LogP contribution in [0, 0.1) is 40.3 Å². The highest BCUT2D eigenvalue weighted by Crippen LogP contribution is 2.32. The lowest BCUT2D eigenvalue weighted by atomic mass is 9.96. The number of halogens is 1. The van der Waals surface area contributed by atoms with E-state index in [-0.39, 0.29) is 57.7 Å². The Morgan fingerprint density at radius 1 is 0.691 bits per heavy atom. The lowest BCUT2D eigenvalue weighted by molar-refractivity contribution is -0.124. The maximum Gasteiger partial charge on any atom is 0.343 e. The van der Waals surface area contributed by atoms with E-state index >= 15 is 0 Å². The maximum absolute atomic E-state index is 13.8. The van der Waals surface area contributed by atoms with Crippen LogP contribution in [0.15, 0.2) is 71.6 Å². The van der Waals surface area contributed by atoms with E-state index in [4.69, 9.17) is 18.9 Å². The summed E-state index contributed by atoms with van der Waals surface area (Å²) in [6.07, 6.45) is 1.33.